The number of amidine groups is 1. The first-order valence-corrected chi connectivity index (χ1v) is 10.1. The Morgan fingerprint density at radius 1 is 1.26 bits per heavy atom. The van der Waals surface area contributed by atoms with Gasteiger partial charge in [0.05, 0.1) is 17.2 Å². The van der Waals surface area contributed by atoms with Crippen LogP contribution in [0.1, 0.15) is 45.6 Å². The van der Waals surface area contributed by atoms with E-state index in [1.165, 1.54) is 16.9 Å². The van der Waals surface area contributed by atoms with Crippen LogP contribution in [0.25, 0.3) is 0 Å². The summed E-state index contributed by atoms with van der Waals surface area (Å²) >= 11 is 1.67. The van der Waals surface area contributed by atoms with Gasteiger partial charge in [-0.2, -0.15) is 5.26 Å². The van der Waals surface area contributed by atoms with Crippen LogP contribution in [0.3, 0.4) is 0 Å². The number of carbonyl (C=O) groups excluding carboxylic acids is 1. The molecular formula is C21H19N3O2S. The largest absolute Gasteiger partial charge is 0.362 e. The summed E-state index contributed by atoms with van der Waals surface area (Å²) in [4.78, 5) is 21.9. The molecule has 136 valence electrons. The lowest BCUT2D eigenvalue weighted by Crippen LogP contribution is -2.50. The topological polar surface area (TPSA) is 65.7 Å². The summed E-state index contributed by atoms with van der Waals surface area (Å²) in [7, 11) is 1.61. The Hall–Kier alpha value is -2.49. The monoisotopic (exact) mass is 377 g/mol. The van der Waals surface area contributed by atoms with E-state index in [0.717, 1.165) is 35.5 Å². The van der Waals surface area contributed by atoms with Crippen molar-refractivity contribution in [1.82, 2.24) is 0 Å². The fourth-order valence-corrected chi connectivity index (χ4v) is 5.74. The van der Waals surface area contributed by atoms with Gasteiger partial charge < -0.3 is 9.64 Å². The SMILES string of the molecule is CO[C@@]12CCN(c3ccc(C#N)cc3)C1=Nc1sc3c(c1C2=O)CCCC3. The molecule has 3 heterocycles. The molecule has 0 spiro atoms. The van der Waals surface area contributed by atoms with Gasteiger partial charge in [-0.15, -0.1) is 11.3 Å². The number of methoxy groups -OCH3 is 1. The molecule has 0 saturated carbocycles. The minimum absolute atomic E-state index is 0.0699. The van der Waals surface area contributed by atoms with Crippen LogP contribution in [0.2, 0.25) is 0 Å². The average Bonchev–Trinajstić information content (AvgIpc) is 3.27. The van der Waals surface area contributed by atoms with E-state index in [0.29, 0.717) is 24.4 Å². The van der Waals surface area contributed by atoms with E-state index in [1.54, 1.807) is 30.6 Å². The molecule has 0 N–H and O–H groups in total. The van der Waals surface area contributed by atoms with Gasteiger partial charge in [-0.3, -0.25) is 4.79 Å². The van der Waals surface area contributed by atoms with Crippen LogP contribution in [0.15, 0.2) is 29.3 Å². The lowest BCUT2D eigenvalue weighted by molar-refractivity contribution is 0.0388. The van der Waals surface area contributed by atoms with Crippen molar-refractivity contribution in [1.29, 1.82) is 5.26 Å². The van der Waals surface area contributed by atoms with Crippen LogP contribution in [-0.4, -0.2) is 30.9 Å². The van der Waals surface area contributed by atoms with E-state index in [4.69, 9.17) is 15.0 Å². The van der Waals surface area contributed by atoms with Gasteiger partial charge in [0.1, 0.15) is 5.00 Å². The van der Waals surface area contributed by atoms with E-state index >= 15 is 0 Å². The number of rotatable bonds is 2. The highest BCUT2D eigenvalue weighted by Crippen LogP contribution is 2.48. The molecule has 0 amide bonds. The number of ketones is 1. The van der Waals surface area contributed by atoms with Gasteiger partial charge in [-0.1, -0.05) is 0 Å². The highest BCUT2D eigenvalue weighted by molar-refractivity contribution is 7.16. The van der Waals surface area contributed by atoms with Crippen LogP contribution in [0.5, 0.6) is 0 Å². The molecule has 1 aromatic heterocycles. The smallest absolute Gasteiger partial charge is 0.205 e. The van der Waals surface area contributed by atoms with Crippen LogP contribution >= 0.6 is 11.3 Å². The Morgan fingerprint density at radius 2 is 2.04 bits per heavy atom. The highest BCUT2D eigenvalue weighted by atomic mass is 32.1. The van der Waals surface area contributed by atoms with Crippen molar-refractivity contribution in [3.05, 3.63) is 45.8 Å². The number of anilines is 1. The van der Waals surface area contributed by atoms with Gasteiger partial charge in [-0.05, 0) is 55.5 Å². The summed E-state index contributed by atoms with van der Waals surface area (Å²) in [5.74, 6) is 0.756. The zero-order valence-corrected chi connectivity index (χ0v) is 15.9. The van der Waals surface area contributed by atoms with Crippen molar-refractivity contribution in [2.75, 3.05) is 18.6 Å². The molecule has 0 radical (unpaired) electrons. The molecule has 6 heteroatoms. The molecule has 0 bridgehead atoms. The lowest BCUT2D eigenvalue weighted by Gasteiger charge is -2.32. The molecule has 5 nitrogen and oxygen atoms in total. The first-order valence-electron chi connectivity index (χ1n) is 9.29. The third kappa shape index (κ3) is 2.25. The van der Waals surface area contributed by atoms with Gasteiger partial charge >= 0.3 is 0 Å². The van der Waals surface area contributed by atoms with Crippen molar-refractivity contribution >= 4 is 33.6 Å². The Kier molecular flexibility index (Phi) is 3.71. The fraction of sp³-hybridized carbons (Fsp3) is 0.381. The van der Waals surface area contributed by atoms with Crippen molar-refractivity contribution in [3.63, 3.8) is 0 Å². The number of aliphatic imine (C=N–C) groups is 1. The van der Waals surface area contributed by atoms with Gasteiger partial charge in [-0.25, -0.2) is 4.99 Å². The summed E-state index contributed by atoms with van der Waals surface area (Å²) in [6.07, 6.45) is 4.92. The van der Waals surface area contributed by atoms with Gasteiger partial charge in [0, 0.05) is 30.6 Å². The third-order valence-corrected chi connectivity index (χ3v) is 7.10. The normalized spacial score (nSPS) is 23.3. The molecule has 0 unspecified atom stereocenters. The first-order chi connectivity index (χ1) is 13.2. The number of nitriles is 1. The summed E-state index contributed by atoms with van der Waals surface area (Å²) in [5.41, 5.74) is 2.58. The average molecular weight is 377 g/mol. The molecule has 2 aromatic rings. The lowest BCUT2D eigenvalue weighted by atomic mass is 9.84. The number of fused-ring (bicyclic) bond motifs is 4. The Bertz CT molecular complexity index is 1020. The van der Waals surface area contributed by atoms with Crippen LogP contribution in [0, 0.1) is 11.3 Å². The van der Waals surface area contributed by atoms with Crippen molar-refractivity contribution in [3.8, 4) is 6.07 Å². The predicted octanol–water partition coefficient (Wildman–Crippen LogP) is 4.02. The number of benzene rings is 1. The first kappa shape index (κ1) is 16.7. The van der Waals surface area contributed by atoms with Crippen molar-refractivity contribution in [2.24, 2.45) is 4.99 Å². The summed E-state index contributed by atoms with van der Waals surface area (Å²) in [6, 6.07) is 9.55. The maximum atomic E-state index is 13.6. The number of Topliss-reactive ketones (excluding diaryl/α,β-unsaturated/α-hetero) is 1. The number of aryl methyl sites for hydroxylation is 1. The minimum atomic E-state index is -0.993. The third-order valence-electron chi connectivity index (χ3n) is 5.91. The molecule has 1 atom stereocenters. The van der Waals surface area contributed by atoms with Crippen LogP contribution in [0.4, 0.5) is 10.7 Å². The van der Waals surface area contributed by atoms with Crippen molar-refractivity contribution < 1.29 is 9.53 Å². The number of ether oxygens (including phenoxy) is 1. The Balaban J connectivity index is 1.65. The predicted molar refractivity (Wildman–Crippen MR) is 105 cm³/mol. The van der Waals surface area contributed by atoms with Crippen LogP contribution in [-0.2, 0) is 17.6 Å². The Labute approximate surface area is 161 Å². The zero-order valence-electron chi connectivity index (χ0n) is 15.1. The highest BCUT2D eigenvalue weighted by Gasteiger charge is 2.55. The second kappa shape index (κ2) is 6.01. The molecule has 1 fully saturated rings. The van der Waals surface area contributed by atoms with Gasteiger partial charge in [0.25, 0.3) is 0 Å². The number of hydrogen-bond donors (Lipinski definition) is 0. The van der Waals surface area contributed by atoms with E-state index in [9.17, 15) is 4.79 Å². The van der Waals surface area contributed by atoms with E-state index < -0.39 is 5.60 Å². The molecule has 5 rings (SSSR count). The second-order valence-electron chi connectivity index (χ2n) is 7.25. The number of hydrogen-bond acceptors (Lipinski definition) is 6. The molecule has 2 aliphatic heterocycles. The Morgan fingerprint density at radius 3 is 2.78 bits per heavy atom. The standard InChI is InChI=1S/C21H19N3O2S/c1-26-21-10-11-24(14-8-6-13(12-22)7-9-14)20(21)23-19-17(18(21)25)15-4-2-3-5-16(15)27-19/h6-9H,2-5,10-11H2,1H3/t21-/m1/s1. The number of thiophene rings is 1. The molecular weight excluding hydrogens is 358 g/mol. The van der Waals surface area contributed by atoms with E-state index in [2.05, 4.69) is 11.0 Å². The maximum absolute atomic E-state index is 13.6. The second-order valence-corrected chi connectivity index (χ2v) is 8.33. The number of carbonyl (C=O) groups is 1. The zero-order chi connectivity index (χ0) is 18.6. The van der Waals surface area contributed by atoms with Gasteiger partial charge in [0.15, 0.2) is 11.4 Å². The summed E-state index contributed by atoms with van der Waals surface area (Å²) in [5, 5.41) is 9.88. The van der Waals surface area contributed by atoms with Crippen LogP contribution < -0.4 is 4.90 Å². The molecule has 1 aromatic carbocycles. The maximum Gasteiger partial charge on any atom is 0.205 e. The molecule has 3 aliphatic rings. The molecule has 1 saturated heterocycles. The van der Waals surface area contributed by atoms with E-state index in [1.807, 2.05) is 12.1 Å². The number of nitrogens with zero attached hydrogens (tertiary/aromatic N) is 3. The van der Waals surface area contributed by atoms with Gasteiger partial charge in [0.2, 0.25) is 5.78 Å². The quantitative estimate of drug-likeness (QED) is 0.793. The van der Waals surface area contributed by atoms with E-state index in [-0.39, 0.29) is 5.78 Å². The minimum Gasteiger partial charge on any atom is -0.362 e. The van der Waals surface area contributed by atoms with Crippen molar-refractivity contribution in [2.45, 2.75) is 37.7 Å². The summed E-state index contributed by atoms with van der Waals surface area (Å²) < 4.78 is 5.86. The fourth-order valence-electron chi connectivity index (χ4n) is 4.49. The summed E-state index contributed by atoms with van der Waals surface area (Å²) in [6.45, 7) is 0.668. The molecule has 1 aliphatic carbocycles. The molecule has 27 heavy (non-hydrogen) atoms.